The van der Waals surface area contributed by atoms with Crippen LogP contribution < -0.4 is 4.90 Å². The lowest BCUT2D eigenvalue weighted by Gasteiger charge is -2.29. The maximum Gasteiger partial charge on any atom is 0.0645 e. The largest absolute Gasteiger partial charge is 0.310 e. The van der Waals surface area contributed by atoms with Gasteiger partial charge in [0.05, 0.1) is 13.7 Å². The fourth-order valence-corrected chi connectivity index (χ4v) is 9.75. The average molecular weight is 596 g/mol. The van der Waals surface area contributed by atoms with Gasteiger partial charge >= 0.3 is 0 Å². The summed E-state index contributed by atoms with van der Waals surface area (Å²) in [5.74, 6) is 0. The molecular formula is C44H43N. The molecule has 4 atom stereocenters. The van der Waals surface area contributed by atoms with Crippen molar-refractivity contribution in [1.82, 2.24) is 0 Å². The van der Waals surface area contributed by atoms with Gasteiger partial charge in [-0.2, -0.15) is 0 Å². The summed E-state index contributed by atoms with van der Waals surface area (Å²) in [5, 5.41) is 0. The van der Waals surface area contributed by atoms with Crippen LogP contribution in [0.15, 0.2) is 115 Å². The standard InChI is InChI=1S/C44H43N/c1-41-19-21-43(3,28-41)39-26-30(15-17-37(39)41)32-23-33(31-16-18-38-40(27-31)44(4)22-20-42(38,2)29-44)25-36(24-32)45(34-11-7-5-8-12-34)35-13-9-6-10-14-35/h5-18,23-27H,19-22,28-29H2,1-4H3/i5D,6D,7D,8D,9D,10D,11D,12D,13D,14D. The summed E-state index contributed by atoms with van der Waals surface area (Å²) >= 11 is 0. The normalized spacial score (nSPS) is 31.8. The summed E-state index contributed by atoms with van der Waals surface area (Å²) < 4.78 is 87.3. The number of para-hydroxylation sites is 2. The molecule has 0 aromatic heterocycles. The maximum absolute atomic E-state index is 9.07. The molecule has 5 aromatic rings. The van der Waals surface area contributed by atoms with Crippen molar-refractivity contribution in [2.45, 2.75) is 87.9 Å². The predicted octanol–water partition coefficient (Wildman–Crippen LogP) is 11.9. The van der Waals surface area contributed by atoms with Gasteiger partial charge in [-0.1, -0.05) is 100 Å². The SMILES string of the molecule is [2H]c1c([2H])c([2H])c(N(c2cc(-c3ccc4c(c3)C3(C)CCC4(C)C3)cc(-c3ccc4c(c3)C3(C)CCC4(C)C3)c2)c2c([2H])c([2H])c([2H])c([2H])c2[2H])c([2H])c1[2H]. The molecule has 9 rings (SSSR count). The van der Waals surface area contributed by atoms with Gasteiger partial charge in [-0.15, -0.1) is 0 Å². The molecule has 4 unspecified atom stereocenters. The summed E-state index contributed by atoms with van der Waals surface area (Å²) in [6.45, 7) is 9.38. The fraction of sp³-hybridized carbons (Fsp3) is 0.318. The molecule has 2 saturated carbocycles. The molecule has 4 aliphatic carbocycles. The minimum atomic E-state index is -0.587. The Bertz CT molecular complexity index is 2320. The molecule has 5 aromatic carbocycles. The summed E-state index contributed by atoms with van der Waals surface area (Å²) in [6, 6.07) is 13.4. The molecule has 0 N–H and O–H groups in total. The highest BCUT2D eigenvalue weighted by atomic mass is 15.1. The smallest absolute Gasteiger partial charge is 0.0645 e. The van der Waals surface area contributed by atoms with Crippen molar-refractivity contribution in [3.8, 4) is 22.3 Å². The van der Waals surface area contributed by atoms with E-state index in [-0.39, 0.29) is 33.0 Å². The number of nitrogens with zero attached hydrogens (tertiary/aromatic N) is 1. The van der Waals surface area contributed by atoms with E-state index in [0.717, 1.165) is 60.8 Å². The predicted molar refractivity (Wildman–Crippen MR) is 189 cm³/mol. The Kier molecular flexibility index (Phi) is 3.85. The van der Waals surface area contributed by atoms with E-state index in [1.165, 1.54) is 27.2 Å². The van der Waals surface area contributed by atoms with Gasteiger partial charge in [-0.05, 0) is 147 Å². The number of anilines is 3. The van der Waals surface area contributed by atoms with Crippen LogP contribution in [-0.4, -0.2) is 0 Å². The molecule has 0 spiro atoms. The Morgan fingerprint density at radius 2 is 0.844 bits per heavy atom. The second-order valence-electron chi connectivity index (χ2n) is 15.2. The molecule has 0 amide bonds. The number of hydrogen-bond donors (Lipinski definition) is 0. The van der Waals surface area contributed by atoms with Crippen LogP contribution in [0.3, 0.4) is 0 Å². The van der Waals surface area contributed by atoms with E-state index in [1.54, 1.807) is 0 Å². The molecule has 2 fully saturated rings. The van der Waals surface area contributed by atoms with E-state index < -0.39 is 60.4 Å². The third-order valence-electron chi connectivity index (χ3n) is 11.9. The minimum absolute atomic E-state index is 0.0536. The van der Waals surface area contributed by atoms with Crippen LogP contribution in [0.5, 0.6) is 0 Å². The highest BCUT2D eigenvalue weighted by Crippen LogP contribution is 2.62. The van der Waals surface area contributed by atoms with Gasteiger partial charge in [0, 0.05) is 17.1 Å². The van der Waals surface area contributed by atoms with E-state index in [1.807, 2.05) is 12.1 Å². The Labute approximate surface area is 283 Å². The topological polar surface area (TPSA) is 3.24 Å². The Morgan fingerprint density at radius 1 is 0.444 bits per heavy atom. The zero-order chi connectivity index (χ0) is 39.3. The van der Waals surface area contributed by atoms with E-state index >= 15 is 0 Å². The van der Waals surface area contributed by atoms with Crippen molar-refractivity contribution >= 4 is 17.1 Å². The molecule has 0 aliphatic heterocycles. The first-order valence-electron chi connectivity index (χ1n) is 21.2. The van der Waals surface area contributed by atoms with E-state index in [9.17, 15) is 0 Å². The molecular weight excluding hydrogens is 542 g/mol. The van der Waals surface area contributed by atoms with Crippen LogP contribution in [0.2, 0.25) is 0 Å². The first-order valence-corrected chi connectivity index (χ1v) is 16.2. The summed E-state index contributed by atoms with van der Waals surface area (Å²) in [6.07, 6.45) is 6.70. The third-order valence-corrected chi connectivity index (χ3v) is 11.9. The molecule has 1 heteroatoms. The highest BCUT2D eigenvalue weighted by Gasteiger charge is 2.53. The zero-order valence-electron chi connectivity index (χ0n) is 36.4. The van der Waals surface area contributed by atoms with Gasteiger partial charge in [-0.3, -0.25) is 0 Å². The first kappa shape index (κ1) is 18.8. The van der Waals surface area contributed by atoms with Crippen LogP contribution in [0, 0.1) is 0 Å². The summed E-state index contributed by atoms with van der Waals surface area (Å²) in [7, 11) is 0. The van der Waals surface area contributed by atoms with Crippen LogP contribution >= 0.6 is 0 Å². The third kappa shape index (κ3) is 3.99. The monoisotopic (exact) mass is 595 g/mol. The van der Waals surface area contributed by atoms with Crippen LogP contribution in [0.4, 0.5) is 17.1 Å². The number of rotatable bonds is 5. The van der Waals surface area contributed by atoms with Crippen molar-refractivity contribution in [3.63, 3.8) is 0 Å². The molecule has 4 bridgehead atoms. The van der Waals surface area contributed by atoms with Gasteiger partial charge < -0.3 is 4.90 Å². The second kappa shape index (κ2) is 9.23. The van der Waals surface area contributed by atoms with Crippen LogP contribution in [0.1, 0.15) is 102 Å². The maximum atomic E-state index is 9.07. The van der Waals surface area contributed by atoms with Crippen molar-refractivity contribution < 1.29 is 13.7 Å². The van der Waals surface area contributed by atoms with Crippen molar-refractivity contribution in [2.24, 2.45) is 0 Å². The summed E-state index contributed by atoms with van der Waals surface area (Å²) in [4.78, 5) is 1.28. The lowest BCUT2D eigenvalue weighted by molar-refractivity contribution is 0.483. The average Bonchev–Trinajstić information content (AvgIpc) is 3.82. The molecule has 224 valence electrons. The van der Waals surface area contributed by atoms with Gasteiger partial charge in [0.1, 0.15) is 0 Å². The minimum Gasteiger partial charge on any atom is -0.310 e. The second-order valence-corrected chi connectivity index (χ2v) is 15.2. The number of benzene rings is 5. The molecule has 0 radical (unpaired) electrons. The quantitative estimate of drug-likeness (QED) is 0.195. The zero-order valence-corrected chi connectivity index (χ0v) is 26.4. The van der Waals surface area contributed by atoms with Gasteiger partial charge in [0.2, 0.25) is 0 Å². The van der Waals surface area contributed by atoms with E-state index in [0.29, 0.717) is 5.69 Å². The Morgan fingerprint density at radius 3 is 1.27 bits per heavy atom. The van der Waals surface area contributed by atoms with Gasteiger partial charge in [0.15, 0.2) is 0 Å². The van der Waals surface area contributed by atoms with Gasteiger partial charge in [-0.25, -0.2) is 0 Å². The van der Waals surface area contributed by atoms with Crippen molar-refractivity contribution in [2.75, 3.05) is 4.90 Å². The lowest BCUT2D eigenvalue weighted by Crippen LogP contribution is -2.18. The van der Waals surface area contributed by atoms with E-state index in [4.69, 9.17) is 13.7 Å². The van der Waals surface area contributed by atoms with E-state index in [2.05, 4.69) is 70.2 Å². The van der Waals surface area contributed by atoms with Crippen molar-refractivity contribution in [3.05, 3.63) is 137 Å². The molecule has 1 nitrogen and oxygen atoms in total. The number of hydrogen-bond acceptors (Lipinski definition) is 1. The van der Waals surface area contributed by atoms with Gasteiger partial charge in [0.25, 0.3) is 0 Å². The molecule has 0 saturated heterocycles. The van der Waals surface area contributed by atoms with Crippen molar-refractivity contribution in [1.29, 1.82) is 0 Å². The molecule has 0 heterocycles. The summed E-state index contributed by atoms with van der Waals surface area (Å²) in [5.41, 5.74) is 8.97. The molecule has 4 aliphatic rings. The molecule has 45 heavy (non-hydrogen) atoms. The highest BCUT2D eigenvalue weighted by molar-refractivity contribution is 5.85. The first-order chi connectivity index (χ1) is 25.8. The van der Waals surface area contributed by atoms with Crippen LogP contribution in [0.25, 0.3) is 22.3 Å². The fourth-order valence-electron chi connectivity index (χ4n) is 9.75. The Hall–Kier alpha value is -4.10. The lowest BCUT2D eigenvalue weighted by atomic mass is 9.77. The van der Waals surface area contributed by atoms with Crippen LogP contribution in [-0.2, 0) is 21.7 Å². The Balaban J connectivity index is 1.35. The number of fused-ring (bicyclic) bond motifs is 10.